The van der Waals surface area contributed by atoms with E-state index in [9.17, 15) is 27.9 Å². The number of esters is 1. The van der Waals surface area contributed by atoms with Crippen LogP contribution in [0.4, 0.5) is 24.9 Å². The summed E-state index contributed by atoms with van der Waals surface area (Å²) in [4.78, 5) is 42.3. The number of nitrogens with zero attached hydrogens (tertiary/aromatic N) is 6. The third-order valence-electron chi connectivity index (χ3n) is 8.04. The SMILES string of the molecule is CCC(=O)N[C@H]1C[C@@H](n2cnc3c(NC(CC)CC)nc(N4CC[C@@H](N(C)C)C4)nc32)[C@H](OC(=O)C(F)(F)F)[C@@H]1O. The lowest BCUT2D eigenvalue weighted by Crippen LogP contribution is -2.45. The van der Waals surface area contributed by atoms with Gasteiger partial charge in [0.1, 0.15) is 6.10 Å². The number of hydrogen-bond acceptors (Lipinski definition) is 10. The largest absolute Gasteiger partial charge is 0.490 e. The number of nitrogens with one attached hydrogen (secondary N) is 2. The van der Waals surface area contributed by atoms with Crippen LogP contribution < -0.4 is 15.5 Å². The zero-order valence-electron chi connectivity index (χ0n) is 24.0. The van der Waals surface area contributed by atoms with Crippen molar-refractivity contribution in [2.24, 2.45) is 0 Å². The van der Waals surface area contributed by atoms with Gasteiger partial charge in [0.25, 0.3) is 0 Å². The molecule has 12 nitrogen and oxygen atoms in total. The average molecular weight is 585 g/mol. The van der Waals surface area contributed by atoms with Crippen LogP contribution in [-0.2, 0) is 14.3 Å². The molecule has 0 spiro atoms. The zero-order valence-corrected chi connectivity index (χ0v) is 24.0. The Kier molecular flexibility index (Phi) is 9.26. The Bertz CT molecular complexity index is 1240. The summed E-state index contributed by atoms with van der Waals surface area (Å²) in [5, 5.41) is 17.0. The van der Waals surface area contributed by atoms with Gasteiger partial charge in [0.2, 0.25) is 11.9 Å². The number of ether oxygens (including phenoxy) is 1. The van der Waals surface area contributed by atoms with E-state index in [1.54, 1.807) is 6.92 Å². The number of rotatable bonds is 10. The molecule has 3 heterocycles. The summed E-state index contributed by atoms with van der Waals surface area (Å²) in [7, 11) is 4.02. The summed E-state index contributed by atoms with van der Waals surface area (Å²) in [6.45, 7) is 7.11. The molecule has 0 bridgehead atoms. The van der Waals surface area contributed by atoms with Gasteiger partial charge in [-0.2, -0.15) is 23.1 Å². The van der Waals surface area contributed by atoms with Crippen molar-refractivity contribution in [2.45, 2.75) is 95.4 Å². The number of likely N-dealkylation sites (N-methyl/N-ethyl adjacent to an activating group) is 1. The number of halogens is 3. The van der Waals surface area contributed by atoms with Crippen molar-refractivity contribution in [1.82, 2.24) is 29.7 Å². The molecule has 1 saturated carbocycles. The molecule has 0 unspecified atom stereocenters. The van der Waals surface area contributed by atoms with Gasteiger partial charge >= 0.3 is 12.1 Å². The molecule has 2 aromatic rings. The smallest absolute Gasteiger partial charge is 0.451 e. The number of aliphatic hydroxyl groups is 1. The Hall–Kier alpha value is -3.20. The predicted molar refractivity (Wildman–Crippen MR) is 145 cm³/mol. The van der Waals surface area contributed by atoms with Gasteiger partial charge in [-0.3, -0.25) is 4.79 Å². The highest BCUT2D eigenvalue weighted by Crippen LogP contribution is 2.38. The van der Waals surface area contributed by atoms with Crippen molar-refractivity contribution in [1.29, 1.82) is 0 Å². The lowest BCUT2D eigenvalue weighted by molar-refractivity contribution is -0.209. The molecule has 15 heteroatoms. The second-order valence-corrected chi connectivity index (χ2v) is 10.9. The van der Waals surface area contributed by atoms with E-state index in [-0.39, 0.29) is 18.9 Å². The molecule has 0 radical (unpaired) electrons. The van der Waals surface area contributed by atoms with E-state index in [0.717, 1.165) is 19.3 Å². The van der Waals surface area contributed by atoms with E-state index in [1.165, 1.54) is 10.9 Å². The minimum atomic E-state index is -5.26. The number of imidazole rings is 1. The van der Waals surface area contributed by atoms with Gasteiger partial charge in [-0.05, 0) is 39.8 Å². The van der Waals surface area contributed by atoms with Crippen molar-refractivity contribution in [3.8, 4) is 0 Å². The lowest BCUT2D eigenvalue weighted by atomic mass is 10.2. The van der Waals surface area contributed by atoms with E-state index >= 15 is 0 Å². The highest BCUT2D eigenvalue weighted by molar-refractivity contribution is 5.85. The number of carbonyl (C=O) groups is 2. The van der Waals surface area contributed by atoms with Crippen LogP contribution in [0, 0.1) is 0 Å². The first-order chi connectivity index (χ1) is 19.4. The number of alkyl halides is 3. The quantitative estimate of drug-likeness (QED) is 0.357. The van der Waals surface area contributed by atoms with Crippen molar-refractivity contribution in [2.75, 3.05) is 37.4 Å². The van der Waals surface area contributed by atoms with E-state index in [4.69, 9.17) is 14.7 Å². The minimum absolute atomic E-state index is 0.00473. The van der Waals surface area contributed by atoms with Crippen LogP contribution in [0.15, 0.2) is 6.33 Å². The molecule has 2 aromatic heterocycles. The second kappa shape index (κ2) is 12.3. The summed E-state index contributed by atoms with van der Waals surface area (Å²) in [5.74, 6) is -1.88. The Labute approximate surface area is 236 Å². The zero-order chi connectivity index (χ0) is 30.1. The number of anilines is 2. The average Bonchev–Trinajstić information content (AvgIpc) is 3.65. The number of aliphatic hydroxyl groups excluding tert-OH is 1. The maximum atomic E-state index is 13.2. The van der Waals surface area contributed by atoms with Crippen molar-refractivity contribution >= 4 is 34.8 Å². The van der Waals surface area contributed by atoms with Gasteiger partial charge in [-0.25, -0.2) is 9.78 Å². The van der Waals surface area contributed by atoms with E-state index in [2.05, 4.69) is 25.4 Å². The molecule has 2 fully saturated rings. The summed E-state index contributed by atoms with van der Waals surface area (Å²) >= 11 is 0. The fourth-order valence-corrected chi connectivity index (χ4v) is 5.47. The monoisotopic (exact) mass is 584 g/mol. The van der Waals surface area contributed by atoms with Gasteiger partial charge in [0, 0.05) is 31.6 Å². The Morgan fingerprint density at radius 2 is 1.93 bits per heavy atom. The normalized spacial score (nSPS) is 25.0. The summed E-state index contributed by atoms with van der Waals surface area (Å²) < 4.78 is 45.9. The van der Waals surface area contributed by atoms with Gasteiger partial charge < -0.3 is 34.8 Å². The maximum absolute atomic E-state index is 13.2. The van der Waals surface area contributed by atoms with Gasteiger partial charge in [-0.1, -0.05) is 20.8 Å². The fourth-order valence-electron chi connectivity index (χ4n) is 5.47. The van der Waals surface area contributed by atoms with Crippen molar-refractivity contribution in [3.05, 3.63) is 6.33 Å². The highest BCUT2D eigenvalue weighted by atomic mass is 19.4. The molecule has 2 aliphatic rings. The summed E-state index contributed by atoms with van der Waals surface area (Å²) in [6.07, 6.45) is -4.37. The molecule has 41 heavy (non-hydrogen) atoms. The highest BCUT2D eigenvalue weighted by Gasteiger charge is 2.51. The molecule has 1 aliphatic carbocycles. The standard InChI is InChI=1S/C26H39F3N8O4/c1-6-14(7-2)31-22-19-23(34-25(33-22)36-10-9-15(12-36)35(4)5)37(13-30-19)17-11-16(32-18(38)8-3)20(39)21(17)41-24(40)26(27,28)29/h13-17,20-21,39H,6-12H2,1-5H3,(H,32,38)(H,31,33,34)/t15-,16+,17-,20-,21+/m1/s1. The maximum Gasteiger partial charge on any atom is 0.490 e. The van der Waals surface area contributed by atoms with Crippen LogP contribution in [-0.4, -0.2) is 105 Å². The van der Waals surface area contributed by atoms with E-state index in [0.29, 0.717) is 42.1 Å². The first-order valence-electron chi connectivity index (χ1n) is 14.0. The first kappa shape index (κ1) is 30.8. The van der Waals surface area contributed by atoms with E-state index < -0.39 is 42.3 Å². The number of aromatic nitrogens is 4. The second-order valence-electron chi connectivity index (χ2n) is 10.9. The molecule has 4 rings (SSSR count). The van der Waals surface area contributed by atoms with E-state index in [1.807, 2.05) is 27.9 Å². The fraction of sp³-hybridized carbons (Fsp3) is 0.731. The Balaban J connectivity index is 1.79. The molecule has 1 saturated heterocycles. The number of hydrogen-bond donors (Lipinski definition) is 3. The van der Waals surface area contributed by atoms with Crippen LogP contribution >= 0.6 is 0 Å². The topological polar surface area (TPSA) is 138 Å². The Morgan fingerprint density at radius 3 is 2.51 bits per heavy atom. The van der Waals surface area contributed by atoms with Gasteiger partial charge in [0.05, 0.1) is 18.4 Å². The van der Waals surface area contributed by atoms with Crippen LogP contribution in [0.5, 0.6) is 0 Å². The Morgan fingerprint density at radius 1 is 1.22 bits per heavy atom. The molecule has 3 N–H and O–H groups in total. The number of carbonyl (C=O) groups excluding carboxylic acids is 2. The molecule has 0 aromatic carbocycles. The molecular formula is C26H39F3N8O4. The molecular weight excluding hydrogens is 545 g/mol. The van der Waals surface area contributed by atoms with Crippen molar-refractivity contribution in [3.63, 3.8) is 0 Å². The molecule has 228 valence electrons. The molecule has 5 atom stereocenters. The summed E-state index contributed by atoms with van der Waals surface area (Å²) in [5.41, 5.74) is 0.727. The molecule has 1 aliphatic heterocycles. The minimum Gasteiger partial charge on any atom is -0.451 e. The number of fused-ring (bicyclic) bond motifs is 1. The number of amides is 1. The third kappa shape index (κ3) is 6.50. The van der Waals surface area contributed by atoms with Crippen LogP contribution in [0.3, 0.4) is 0 Å². The predicted octanol–water partition coefficient (Wildman–Crippen LogP) is 2.24. The molecule has 1 amide bonds. The van der Waals surface area contributed by atoms with Crippen LogP contribution in [0.1, 0.15) is 58.9 Å². The van der Waals surface area contributed by atoms with Crippen LogP contribution in [0.2, 0.25) is 0 Å². The van der Waals surface area contributed by atoms with Crippen molar-refractivity contribution < 1.29 is 32.6 Å². The summed E-state index contributed by atoms with van der Waals surface area (Å²) in [6, 6.07) is -1.53. The first-order valence-corrected chi connectivity index (χ1v) is 14.0. The van der Waals surface area contributed by atoms with Gasteiger partial charge in [0.15, 0.2) is 23.1 Å². The van der Waals surface area contributed by atoms with Crippen LogP contribution in [0.25, 0.3) is 11.2 Å². The third-order valence-corrected chi connectivity index (χ3v) is 8.04. The lowest BCUT2D eigenvalue weighted by Gasteiger charge is -2.25. The van der Waals surface area contributed by atoms with Gasteiger partial charge in [-0.15, -0.1) is 0 Å².